The zero-order chi connectivity index (χ0) is 52.9. The topological polar surface area (TPSA) is 368 Å². The van der Waals surface area contributed by atoms with Crippen molar-refractivity contribution < 1.29 is 48.6 Å². The van der Waals surface area contributed by atoms with Gasteiger partial charge in [-0.2, -0.15) is 25.3 Å². The Kier molecular flexibility index (Phi) is 23.4. The molecule has 8 amide bonds. The number of thiol groups is 2. The molecule has 0 fully saturated rings. The molecule has 0 unspecified atom stereocenters. The Hall–Kier alpha value is -6.57. The van der Waals surface area contributed by atoms with Crippen molar-refractivity contribution in [1.82, 2.24) is 47.2 Å². The van der Waals surface area contributed by atoms with E-state index in [1.54, 1.807) is 24.4 Å². The Morgan fingerprint density at radius 3 is 1.69 bits per heavy atom. The molecule has 10 atom stereocenters. The van der Waals surface area contributed by atoms with Crippen LogP contribution in [0.2, 0.25) is 0 Å². The highest BCUT2D eigenvalue weighted by atomic mass is 32.1. The summed E-state index contributed by atoms with van der Waals surface area (Å²) in [4.78, 5) is 116. The molecular formula is C48H66N12O10S2. The molecule has 0 aliphatic rings. The number of aromatic amines is 1. The lowest BCUT2D eigenvalue weighted by Crippen LogP contribution is -2.62. The lowest BCUT2D eigenvalue weighted by molar-refractivity contribution is -0.137. The van der Waals surface area contributed by atoms with Crippen molar-refractivity contribution in [3.8, 4) is 0 Å². The molecule has 4 rings (SSSR count). The van der Waals surface area contributed by atoms with Crippen molar-refractivity contribution in [2.45, 2.75) is 113 Å². The maximum atomic E-state index is 14.6. The van der Waals surface area contributed by atoms with E-state index in [9.17, 15) is 48.6 Å². The summed E-state index contributed by atoms with van der Waals surface area (Å²) < 4.78 is 0. The summed E-state index contributed by atoms with van der Waals surface area (Å²) in [5, 5.41) is 39.2. The number of pyridine rings is 1. The third-order valence-electron chi connectivity index (χ3n) is 11.5. The zero-order valence-electron chi connectivity index (χ0n) is 40.0. The maximum Gasteiger partial charge on any atom is 0.245 e. The minimum atomic E-state index is -1.70. The van der Waals surface area contributed by atoms with Gasteiger partial charge < -0.3 is 69.6 Å². The second kappa shape index (κ2) is 29.1. The number of aliphatic hydroxyl groups excluding tert-OH is 2. The van der Waals surface area contributed by atoms with E-state index in [0.717, 1.165) is 16.5 Å². The first-order valence-electron chi connectivity index (χ1n) is 23.3. The van der Waals surface area contributed by atoms with Crippen molar-refractivity contribution in [1.29, 1.82) is 0 Å². The molecule has 4 aromatic rings. The number of fused-ring (bicyclic) bond motifs is 1. The fourth-order valence-corrected chi connectivity index (χ4v) is 8.02. The van der Waals surface area contributed by atoms with Crippen LogP contribution in [0.4, 0.5) is 0 Å². The summed E-state index contributed by atoms with van der Waals surface area (Å²) in [6, 6.07) is 8.61. The Morgan fingerprint density at radius 1 is 0.597 bits per heavy atom. The number of rotatable bonds is 29. The van der Waals surface area contributed by atoms with E-state index < -0.39 is 108 Å². The molecule has 2 aromatic carbocycles. The molecule has 0 aliphatic carbocycles. The predicted molar refractivity (Wildman–Crippen MR) is 275 cm³/mol. The van der Waals surface area contributed by atoms with E-state index in [-0.39, 0.29) is 43.7 Å². The Balaban J connectivity index is 1.61. The van der Waals surface area contributed by atoms with Gasteiger partial charge >= 0.3 is 0 Å². The van der Waals surface area contributed by atoms with Gasteiger partial charge in [-0.25, -0.2) is 0 Å². The normalized spacial score (nSPS) is 15.4. The van der Waals surface area contributed by atoms with Gasteiger partial charge in [0.05, 0.1) is 18.2 Å². The highest BCUT2D eigenvalue weighted by Gasteiger charge is 2.36. The van der Waals surface area contributed by atoms with Gasteiger partial charge in [-0.15, -0.1) is 0 Å². The molecular weight excluding hydrogens is 969 g/mol. The van der Waals surface area contributed by atoms with Crippen LogP contribution in [-0.2, 0) is 57.6 Å². The van der Waals surface area contributed by atoms with Crippen LogP contribution < -0.4 is 54.4 Å². The number of hydrogen-bond acceptors (Lipinski definition) is 15. The van der Waals surface area contributed by atoms with Gasteiger partial charge in [0.1, 0.15) is 42.3 Å². The second-order valence-corrected chi connectivity index (χ2v) is 18.0. The number of amides is 8. The van der Waals surface area contributed by atoms with E-state index in [2.05, 4.69) is 72.4 Å². The second-order valence-electron chi connectivity index (χ2n) is 17.2. The minimum Gasteiger partial charge on any atom is -0.391 e. The van der Waals surface area contributed by atoms with Crippen LogP contribution in [-0.4, -0.2) is 146 Å². The van der Waals surface area contributed by atoms with E-state index in [4.69, 9.17) is 17.2 Å². The van der Waals surface area contributed by atoms with Gasteiger partial charge in [0, 0.05) is 53.8 Å². The highest BCUT2D eigenvalue weighted by Crippen LogP contribution is 2.20. The van der Waals surface area contributed by atoms with Crippen LogP contribution in [0.15, 0.2) is 85.3 Å². The summed E-state index contributed by atoms with van der Waals surface area (Å²) in [7, 11) is 0. The number of para-hydroxylation sites is 1. The van der Waals surface area contributed by atoms with Crippen molar-refractivity contribution >= 4 is 83.4 Å². The van der Waals surface area contributed by atoms with Gasteiger partial charge in [-0.05, 0) is 74.9 Å². The van der Waals surface area contributed by atoms with Crippen LogP contribution in [0.3, 0.4) is 0 Å². The number of nitrogens with one attached hydrogen (secondary N) is 8. The third kappa shape index (κ3) is 17.6. The number of nitrogens with two attached hydrogens (primary N) is 3. The quantitative estimate of drug-likeness (QED) is 0.0199. The number of benzene rings is 2. The van der Waals surface area contributed by atoms with Crippen LogP contribution in [0.1, 0.15) is 49.8 Å². The molecule has 390 valence electrons. The minimum absolute atomic E-state index is 0.0161. The van der Waals surface area contributed by atoms with E-state index in [1.807, 2.05) is 48.5 Å². The first-order valence-corrected chi connectivity index (χ1v) is 24.6. The molecule has 16 N–H and O–H groups in total. The molecule has 0 saturated carbocycles. The van der Waals surface area contributed by atoms with Gasteiger partial charge in [0.2, 0.25) is 47.3 Å². The fourth-order valence-electron chi connectivity index (χ4n) is 7.50. The van der Waals surface area contributed by atoms with Crippen molar-refractivity contribution in [2.75, 3.05) is 18.1 Å². The van der Waals surface area contributed by atoms with Crippen LogP contribution in [0, 0.1) is 0 Å². The molecule has 24 heteroatoms. The maximum absolute atomic E-state index is 14.6. The molecule has 0 aliphatic heterocycles. The Bertz CT molecular complexity index is 2450. The van der Waals surface area contributed by atoms with Crippen LogP contribution in [0.5, 0.6) is 0 Å². The summed E-state index contributed by atoms with van der Waals surface area (Å²) in [5.41, 5.74) is 19.9. The van der Waals surface area contributed by atoms with Crippen molar-refractivity contribution in [2.24, 2.45) is 17.2 Å². The average molecular weight is 1040 g/mol. The number of carbonyl (C=O) groups excluding carboxylic acids is 8. The SMILES string of the molecule is C[C@@H](O)[C@H](NC(=O)[C@H](CS)NC(=O)[C@H](NC(=O)[C@H](CCCCN)NC(=O)[C@@H](Cc1c[nH]c2ccccc12)NC(=O)[C@H](Cc1cccnc1)NC(=O)[C@@H](CS)NC(=O)[C@@H](N)Cc1ccccc1)[C@@H](C)O)C(N)=O. The van der Waals surface area contributed by atoms with Crippen LogP contribution in [0.25, 0.3) is 10.9 Å². The molecule has 0 radical (unpaired) electrons. The number of nitrogens with zero attached hydrogens (tertiary/aromatic N) is 1. The molecule has 72 heavy (non-hydrogen) atoms. The van der Waals surface area contributed by atoms with Gasteiger partial charge in [0.15, 0.2) is 0 Å². The fraction of sp³-hybridized carbons (Fsp3) is 0.438. The smallest absolute Gasteiger partial charge is 0.245 e. The number of aromatic nitrogens is 2. The zero-order valence-corrected chi connectivity index (χ0v) is 41.7. The highest BCUT2D eigenvalue weighted by molar-refractivity contribution is 7.80. The first-order chi connectivity index (χ1) is 34.4. The molecule has 2 aromatic heterocycles. The molecule has 0 spiro atoms. The summed E-state index contributed by atoms with van der Waals surface area (Å²) in [5.74, 6) is -7.46. The Morgan fingerprint density at radius 2 is 1.11 bits per heavy atom. The number of primary amides is 1. The monoisotopic (exact) mass is 1030 g/mol. The predicted octanol–water partition coefficient (Wildman–Crippen LogP) is -2.45. The van der Waals surface area contributed by atoms with E-state index >= 15 is 0 Å². The number of H-pyrrole nitrogens is 1. The van der Waals surface area contributed by atoms with Crippen LogP contribution >= 0.6 is 25.3 Å². The largest absolute Gasteiger partial charge is 0.391 e. The summed E-state index contributed by atoms with van der Waals surface area (Å²) in [6.07, 6.45) is 2.43. The van der Waals surface area contributed by atoms with E-state index in [0.29, 0.717) is 24.0 Å². The summed E-state index contributed by atoms with van der Waals surface area (Å²) in [6.45, 7) is 2.67. The Labute approximate surface area is 427 Å². The number of carbonyl (C=O) groups is 8. The number of unbranched alkanes of at least 4 members (excludes halogenated alkanes) is 1. The lowest BCUT2D eigenvalue weighted by Gasteiger charge is -2.28. The third-order valence-corrected chi connectivity index (χ3v) is 12.3. The summed E-state index contributed by atoms with van der Waals surface area (Å²) >= 11 is 8.42. The number of hydrogen-bond donors (Lipinski definition) is 15. The van der Waals surface area contributed by atoms with Crippen molar-refractivity contribution in [3.63, 3.8) is 0 Å². The molecule has 0 bridgehead atoms. The lowest BCUT2D eigenvalue weighted by atomic mass is 10.0. The average Bonchev–Trinajstić information content (AvgIpc) is 3.77. The van der Waals surface area contributed by atoms with Crippen molar-refractivity contribution in [3.05, 3.63) is 102 Å². The van der Waals surface area contributed by atoms with E-state index in [1.165, 1.54) is 26.2 Å². The van der Waals surface area contributed by atoms with Gasteiger partial charge in [-0.3, -0.25) is 43.3 Å². The standard InChI is InChI=1S/C48H66N12O10S2/c1-26(61)39(41(51)63)59-47(69)38(25-72)58-48(70)40(27(2)62)60-43(65)34(16-8-9-17-49)54-45(67)36(21-30-23-53-33-15-7-6-14-31(30)33)56-44(66)35(20-29-13-10-18-52-22-29)55-46(68)37(24-71)57-42(64)32(50)19-28-11-4-3-5-12-28/h3-7,10-15,18,22-23,26-27,32,34-40,53,61-62,71-72H,8-9,16-17,19-21,24-25,49-50H2,1-2H3,(H2,51,63)(H,54,67)(H,55,68)(H,56,66)(H,57,64)(H,58,70)(H,59,69)(H,60,65)/t26-,27-,32+,34+,35+,36-,37-,38+,39+,40-/m1/s1. The van der Waals surface area contributed by atoms with Gasteiger partial charge in [0.25, 0.3) is 0 Å². The first kappa shape index (κ1) is 58.0. The van der Waals surface area contributed by atoms with Gasteiger partial charge in [-0.1, -0.05) is 54.6 Å². The molecule has 0 saturated heterocycles. The number of aliphatic hydroxyl groups is 2. The molecule has 2 heterocycles. The molecule has 22 nitrogen and oxygen atoms in total.